The largest absolute Gasteiger partial charge is 0.465 e. The van der Waals surface area contributed by atoms with Gasteiger partial charge < -0.3 is 9.15 Å². The lowest BCUT2D eigenvalue weighted by Crippen LogP contribution is -2.33. The van der Waals surface area contributed by atoms with Gasteiger partial charge in [-0.3, -0.25) is 4.79 Å². The van der Waals surface area contributed by atoms with Crippen LogP contribution in [0.3, 0.4) is 0 Å². The van der Waals surface area contributed by atoms with Crippen LogP contribution in [0.5, 0.6) is 5.75 Å². The Bertz CT molecular complexity index is 785. The first kappa shape index (κ1) is 19.2. The van der Waals surface area contributed by atoms with Gasteiger partial charge in [0, 0.05) is 5.56 Å². The number of carbonyl (C=O) groups is 1. The van der Waals surface area contributed by atoms with E-state index in [0.29, 0.717) is 11.3 Å². The molecule has 0 saturated heterocycles. The molecule has 1 aromatic carbocycles. The zero-order chi connectivity index (χ0) is 19.2. The fourth-order valence-electron chi connectivity index (χ4n) is 1.77. The van der Waals surface area contributed by atoms with Crippen LogP contribution < -0.4 is 10.2 Å². The van der Waals surface area contributed by atoms with Crippen molar-refractivity contribution in [2.75, 3.05) is 0 Å². The van der Waals surface area contributed by atoms with Crippen LogP contribution in [0, 0.1) is 0 Å². The number of amides is 1. The van der Waals surface area contributed by atoms with E-state index in [9.17, 15) is 22.4 Å². The van der Waals surface area contributed by atoms with Crippen molar-refractivity contribution < 1.29 is 31.5 Å². The third kappa shape index (κ3) is 5.47. The van der Waals surface area contributed by atoms with E-state index in [1.54, 1.807) is 25.1 Å². The van der Waals surface area contributed by atoms with Gasteiger partial charge in [0.25, 0.3) is 5.91 Å². The fraction of sp³-hybridized carbons (Fsp3) is 0.176. The van der Waals surface area contributed by atoms with Gasteiger partial charge in [-0.15, -0.1) is 0 Å². The topological polar surface area (TPSA) is 63.8 Å². The molecule has 9 heteroatoms. The quantitative estimate of drug-likeness (QED) is 0.448. The molecule has 0 unspecified atom stereocenters. The van der Waals surface area contributed by atoms with Gasteiger partial charge in [0.15, 0.2) is 0 Å². The molecule has 1 N–H and O–H groups in total. The number of allylic oxidation sites excluding steroid dienone is 1. The van der Waals surface area contributed by atoms with Crippen LogP contribution in [-0.4, -0.2) is 24.7 Å². The van der Waals surface area contributed by atoms with Crippen LogP contribution >= 0.6 is 0 Å². The van der Waals surface area contributed by atoms with Crippen molar-refractivity contribution in [1.29, 1.82) is 0 Å². The molecule has 2 rings (SSSR count). The average molecular weight is 370 g/mol. The number of furan rings is 1. The van der Waals surface area contributed by atoms with Crippen molar-refractivity contribution in [3.63, 3.8) is 0 Å². The number of ether oxygens (including phenoxy) is 1. The van der Waals surface area contributed by atoms with Crippen LogP contribution in [0.4, 0.5) is 17.6 Å². The standard InChI is InChI=1S/C17H14F4N2O3/c1-11(9-14-3-2-8-25-14)10-22-23-15(24)12-4-6-13(7-5-12)26-17(20,21)16(18)19/h2-10,16H,1H3,(H,23,24)/b11-9+,22-10+. The maximum Gasteiger partial charge on any atom is 0.461 e. The van der Waals surface area contributed by atoms with Gasteiger partial charge >= 0.3 is 12.5 Å². The molecule has 0 aliphatic heterocycles. The van der Waals surface area contributed by atoms with E-state index in [-0.39, 0.29) is 5.56 Å². The monoisotopic (exact) mass is 370 g/mol. The zero-order valence-corrected chi connectivity index (χ0v) is 13.5. The predicted octanol–water partition coefficient (Wildman–Crippen LogP) is 4.34. The molecule has 0 fully saturated rings. The summed E-state index contributed by atoms with van der Waals surface area (Å²) in [6.45, 7) is 1.74. The number of hydrazone groups is 1. The van der Waals surface area contributed by atoms with Gasteiger partial charge in [-0.1, -0.05) is 0 Å². The van der Waals surface area contributed by atoms with Gasteiger partial charge in [0.05, 0.1) is 12.5 Å². The zero-order valence-electron chi connectivity index (χ0n) is 13.5. The maximum atomic E-state index is 12.8. The van der Waals surface area contributed by atoms with Gasteiger partial charge in [0.1, 0.15) is 11.5 Å². The number of alkyl halides is 4. The molecule has 0 saturated carbocycles. The lowest BCUT2D eigenvalue weighted by atomic mass is 10.2. The average Bonchev–Trinajstić information content (AvgIpc) is 3.07. The van der Waals surface area contributed by atoms with Crippen LogP contribution in [0.25, 0.3) is 6.08 Å². The molecule has 138 valence electrons. The number of nitrogens with one attached hydrogen (secondary N) is 1. The Morgan fingerprint density at radius 1 is 1.27 bits per heavy atom. The van der Waals surface area contributed by atoms with E-state index in [0.717, 1.165) is 24.3 Å². The number of rotatable bonds is 7. The highest BCUT2D eigenvalue weighted by Crippen LogP contribution is 2.27. The second-order valence-corrected chi connectivity index (χ2v) is 5.09. The molecule has 1 heterocycles. The summed E-state index contributed by atoms with van der Waals surface area (Å²) < 4.78 is 58.7. The first-order valence-electron chi connectivity index (χ1n) is 7.28. The molecule has 1 amide bonds. The second kappa shape index (κ2) is 8.32. The summed E-state index contributed by atoms with van der Waals surface area (Å²) in [6.07, 6.45) is -3.96. The number of hydrogen-bond acceptors (Lipinski definition) is 4. The second-order valence-electron chi connectivity index (χ2n) is 5.09. The van der Waals surface area contributed by atoms with Gasteiger partial charge in [-0.2, -0.15) is 22.7 Å². The highest BCUT2D eigenvalue weighted by Gasteiger charge is 2.43. The van der Waals surface area contributed by atoms with Crippen LogP contribution in [-0.2, 0) is 0 Å². The van der Waals surface area contributed by atoms with Crippen molar-refractivity contribution in [1.82, 2.24) is 5.43 Å². The van der Waals surface area contributed by atoms with Crippen molar-refractivity contribution >= 4 is 18.2 Å². The number of halogens is 4. The first-order valence-corrected chi connectivity index (χ1v) is 7.28. The van der Waals surface area contributed by atoms with E-state index in [4.69, 9.17) is 4.42 Å². The van der Waals surface area contributed by atoms with Gasteiger partial charge in [-0.25, -0.2) is 5.43 Å². The van der Waals surface area contributed by atoms with Gasteiger partial charge in [0.2, 0.25) is 0 Å². The number of hydrogen-bond donors (Lipinski definition) is 1. The molecule has 0 aliphatic rings. The summed E-state index contributed by atoms with van der Waals surface area (Å²) in [5.74, 6) is -0.483. The molecule has 0 radical (unpaired) electrons. The predicted molar refractivity (Wildman–Crippen MR) is 86.3 cm³/mol. The minimum Gasteiger partial charge on any atom is -0.465 e. The minimum atomic E-state index is -4.61. The molecule has 2 aromatic rings. The molecule has 0 aliphatic carbocycles. The highest BCUT2D eigenvalue weighted by molar-refractivity contribution is 5.95. The van der Waals surface area contributed by atoms with Crippen LogP contribution in [0.1, 0.15) is 23.0 Å². The van der Waals surface area contributed by atoms with Crippen molar-refractivity contribution in [2.45, 2.75) is 19.5 Å². The minimum absolute atomic E-state index is 0.0857. The third-order valence-corrected chi connectivity index (χ3v) is 2.97. The van der Waals surface area contributed by atoms with Crippen molar-refractivity contribution in [3.8, 4) is 5.75 Å². The molecule has 26 heavy (non-hydrogen) atoms. The van der Waals surface area contributed by atoms with Gasteiger partial charge in [-0.05, 0) is 55.0 Å². The summed E-state index contributed by atoms with van der Waals surface area (Å²) in [7, 11) is 0. The lowest BCUT2D eigenvalue weighted by molar-refractivity contribution is -0.253. The van der Waals surface area contributed by atoms with Crippen molar-refractivity contribution in [3.05, 3.63) is 59.6 Å². The summed E-state index contributed by atoms with van der Waals surface area (Å²) in [5.41, 5.74) is 3.04. The van der Waals surface area contributed by atoms with Crippen LogP contribution in [0.2, 0.25) is 0 Å². The van der Waals surface area contributed by atoms with E-state index >= 15 is 0 Å². The molecular formula is C17H14F4N2O3. The number of nitrogens with zero attached hydrogens (tertiary/aromatic N) is 1. The highest BCUT2D eigenvalue weighted by atomic mass is 19.3. The third-order valence-electron chi connectivity index (χ3n) is 2.97. The SMILES string of the molecule is CC(/C=N/NC(=O)c1ccc(OC(F)(F)C(F)F)cc1)=C\c1ccco1. The summed E-state index contributed by atoms with van der Waals surface area (Å²) >= 11 is 0. The molecule has 0 atom stereocenters. The molecule has 5 nitrogen and oxygen atoms in total. The summed E-state index contributed by atoms with van der Waals surface area (Å²) in [6, 6.07) is 7.73. The number of carbonyl (C=O) groups excluding carboxylic acids is 1. The van der Waals surface area contributed by atoms with E-state index in [1.165, 1.54) is 12.5 Å². The molecule has 1 aromatic heterocycles. The molecule has 0 spiro atoms. The lowest BCUT2D eigenvalue weighted by Gasteiger charge is -2.16. The van der Waals surface area contributed by atoms with E-state index in [1.807, 2.05) is 0 Å². The Kier molecular flexibility index (Phi) is 6.16. The summed E-state index contributed by atoms with van der Waals surface area (Å²) in [4.78, 5) is 11.9. The summed E-state index contributed by atoms with van der Waals surface area (Å²) in [5, 5.41) is 3.75. The Labute approximate surface area is 146 Å². The smallest absolute Gasteiger partial charge is 0.461 e. The van der Waals surface area contributed by atoms with E-state index in [2.05, 4.69) is 15.3 Å². The normalized spacial score (nSPS) is 12.6. The number of benzene rings is 1. The maximum absolute atomic E-state index is 12.8. The Morgan fingerprint density at radius 2 is 1.96 bits per heavy atom. The Hall–Kier alpha value is -3.10. The van der Waals surface area contributed by atoms with E-state index < -0.39 is 24.2 Å². The first-order chi connectivity index (χ1) is 12.3. The Morgan fingerprint density at radius 3 is 2.54 bits per heavy atom. The van der Waals surface area contributed by atoms with Crippen LogP contribution in [0.15, 0.2) is 57.8 Å². The van der Waals surface area contributed by atoms with Crippen molar-refractivity contribution in [2.24, 2.45) is 5.10 Å². The molecular weight excluding hydrogens is 356 g/mol. The Balaban J connectivity index is 1.92. The molecule has 0 bridgehead atoms. The fourth-order valence-corrected chi connectivity index (χ4v) is 1.77.